The molecule has 0 aliphatic carbocycles. The van der Waals surface area contributed by atoms with Crippen LogP contribution in [0, 0.1) is 0 Å². The minimum Gasteiger partial charge on any atom is -0.368 e. The van der Waals surface area contributed by atoms with Crippen molar-refractivity contribution in [2.45, 2.75) is 26.2 Å². The molecule has 4 nitrogen and oxygen atoms in total. The average Bonchev–Trinajstić information content (AvgIpc) is 2.51. The van der Waals surface area contributed by atoms with Gasteiger partial charge in [-0.3, -0.25) is 4.79 Å². The second-order valence-corrected chi connectivity index (χ2v) is 5.38. The number of nitrogens with zero attached hydrogens (tertiary/aromatic N) is 2. The molecule has 1 amide bonds. The zero-order chi connectivity index (χ0) is 14.0. The summed E-state index contributed by atoms with van der Waals surface area (Å²) in [7, 11) is 1.85. The van der Waals surface area contributed by atoms with Crippen LogP contribution >= 0.6 is 0 Å². The highest BCUT2D eigenvalue weighted by atomic mass is 16.2. The number of amides is 1. The van der Waals surface area contributed by atoms with Crippen LogP contribution < -0.4 is 15.5 Å². The second-order valence-electron chi connectivity index (χ2n) is 5.38. The molecule has 0 aromatic heterocycles. The van der Waals surface area contributed by atoms with Crippen molar-refractivity contribution in [3.8, 4) is 0 Å². The Labute approximate surface area is 115 Å². The lowest BCUT2D eigenvalue weighted by atomic mass is 10.0. The van der Waals surface area contributed by atoms with E-state index in [4.69, 9.17) is 5.73 Å². The Morgan fingerprint density at radius 3 is 2.68 bits per heavy atom. The standard InChI is InChI=1S/C15H23N3O/c1-11(2)12-4-5-13-14(10-12)18(9-7-16)8-6-15(19)17(13)3/h4-5,10-11H,6-9,16H2,1-3H3. The van der Waals surface area contributed by atoms with Crippen LogP contribution in [0.2, 0.25) is 0 Å². The molecule has 0 bridgehead atoms. The number of hydrogen-bond acceptors (Lipinski definition) is 3. The monoisotopic (exact) mass is 261 g/mol. The van der Waals surface area contributed by atoms with Gasteiger partial charge < -0.3 is 15.5 Å². The van der Waals surface area contributed by atoms with Crippen LogP contribution in [0.3, 0.4) is 0 Å². The van der Waals surface area contributed by atoms with Crippen LogP contribution in [0.5, 0.6) is 0 Å². The van der Waals surface area contributed by atoms with Crippen molar-refractivity contribution in [3.63, 3.8) is 0 Å². The molecule has 1 aromatic rings. The number of hydrogen-bond donors (Lipinski definition) is 1. The average molecular weight is 261 g/mol. The number of benzene rings is 1. The predicted molar refractivity (Wildman–Crippen MR) is 79.8 cm³/mol. The SMILES string of the molecule is CC(C)c1ccc2c(c1)N(CCN)CCC(=O)N2C. The lowest BCUT2D eigenvalue weighted by molar-refractivity contribution is -0.118. The molecule has 1 aliphatic heterocycles. The Balaban J connectivity index is 2.48. The summed E-state index contributed by atoms with van der Waals surface area (Å²) in [6.45, 7) is 6.50. The van der Waals surface area contributed by atoms with E-state index < -0.39 is 0 Å². The van der Waals surface area contributed by atoms with Gasteiger partial charge in [0.15, 0.2) is 0 Å². The summed E-state index contributed by atoms with van der Waals surface area (Å²) in [5.74, 6) is 0.646. The minimum atomic E-state index is 0.165. The lowest BCUT2D eigenvalue weighted by Gasteiger charge is -2.26. The number of carbonyl (C=O) groups excluding carboxylic acids is 1. The van der Waals surface area contributed by atoms with E-state index >= 15 is 0 Å². The predicted octanol–water partition coefficient (Wildman–Crippen LogP) is 1.94. The van der Waals surface area contributed by atoms with E-state index in [1.165, 1.54) is 5.56 Å². The van der Waals surface area contributed by atoms with Gasteiger partial charge in [-0.1, -0.05) is 19.9 Å². The highest BCUT2D eigenvalue weighted by molar-refractivity contribution is 5.98. The van der Waals surface area contributed by atoms with E-state index in [2.05, 4.69) is 36.9 Å². The maximum Gasteiger partial charge on any atom is 0.228 e. The highest BCUT2D eigenvalue weighted by Gasteiger charge is 2.23. The van der Waals surface area contributed by atoms with Crippen LogP contribution in [0.25, 0.3) is 0 Å². The smallest absolute Gasteiger partial charge is 0.228 e. The molecule has 0 radical (unpaired) electrons. The summed E-state index contributed by atoms with van der Waals surface area (Å²) >= 11 is 0. The van der Waals surface area contributed by atoms with Gasteiger partial charge in [0.1, 0.15) is 0 Å². The van der Waals surface area contributed by atoms with E-state index in [0.717, 1.165) is 24.5 Å². The molecule has 2 rings (SSSR count). The fraction of sp³-hybridized carbons (Fsp3) is 0.533. The molecule has 0 spiro atoms. The van der Waals surface area contributed by atoms with Gasteiger partial charge in [0, 0.05) is 33.1 Å². The highest BCUT2D eigenvalue weighted by Crippen LogP contribution is 2.34. The first-order valence-corrected chi connectivity index (χ1v) is 6.90. The van der Waals surface area contributed by atoms with Crippen molar-refractivity contribution in [1.29, 1.82) is 0 Å². The van der Waals surface area contributed by atoms with Gasteiger partial charge in [-0.05, 0) is 23.6 Å². The number of anilines is 2. The molecule has 1 aromatic carbocycles. The third-order valence-electron chi connectivity index (χ3n) is 3.74. The van der Waals surface area contributed by atoms with Crippen molar-refractivity contribution in [1.82, 2.24) is 0 Å². The fourth-order valence-electron chi connectivity index (χ4n) is 2.48. The molecule has 2 N–H and O–H groups in total. The number of carbonyl (C=O) groups is 1. The first kappa shape index (κ1) is 13.9. The number of nitrogens with two attached hydrogens (primary N) is 1. The summed E-state index contributed by atoms with van der Waals surface area (Å²) in [6.07, 6.45) is 0.544. The molecule has 0 saturated carbocycles. The van der Waals surface area contributed by atoms with Gasteiger partial charge in [-0.2, -0.15) is 0 Å². The zero-order valence-corrected chi connectivity index (χ0v) is 12.0. The van der Waals surface area contributed by atoms with E-state index in [1.807, 2.05) is 7.05 Å². The van der Waals surface area contributed by atoms with E-state index in [0.29, 0.717) is 18.9 Å². The summed E-state index contributed by atoms with van der Waals surface area (Å²) in [5.41, 5.74) is 9.11. The second kappa shape index (κ2) is 5.61. The van der Waals surface area contributed by atoms with Crippen molar-refractivity contribution in [3.05, 3.63) is 23.8 Å². The summed E-state index contributed by atoms with van der Waals surface area (Å²) < 4.78 is 0. The molecule has 0 unspecified atom stereocenters. The third-order valence-corrected chi connectivity index (χ3v) is 3.74. The van der Waals surface area contributed by atoms with Crippen LogP contribution in [0.4, 0.5) is 11.4 Å². The Morgan fingerprint density at radius 1 is 1.32 bits per heavy atom. The summed E-state index contributed by atoms with van der Waals surface area (Å²) in [6, 6.07) is 6.36. The minimum absolute atomic E-state index is 0.165. The van der Waals surface area contributed by atoms with E-state index in [9.17, 15) is 4.79 Å². The number of fused-ring (bicyclic) bond motifs is 1. The van der Waals surface area contributed by atoms with E-state index in [-0.39, 0.29) is 5.91 Å². The molecule has 104 valence electrons. The van der Waals surface area contributed by atoms with Crippen molar-refractivity contribution in [2.75, 3.05) is 36.5 Å². The molecule has 0 fully saturated rings. The fourth-order valence-corrected chi connectivity index (χ4v) is 2.48. The molecule has 0 atom stereocenters. The first-order valence-electron chi connectivity index (χ1n) is 6.90. The van der Waals surface area contributed by atoms with Crippen molar-refractivity contribution in [2.24, 2.45) is 5.73 Å². The van der Waals surface area contributed by atoms with Gasteiger partial charge in [-0.15, -0.1) is 0 Å². The van der Waals surface area contributed by atoms with Gasteiger partial charge in [0.05, 0.1) is 11.4 Å². The van der Waals surface area contributed by atoms with Crippen molar-refractivity contribution < 1.29 is 4.79 Å². The largest absolute Gasteiger partial charge is 0.368 e. The van der Waals surface area contributed by atoms with Gasteiger partial charge >= 0.3 is 0 Å². The summed E-state index contributed by atoms with van der Waals surface area (Å²) in [5, 5.41) is 0. The Morgan fingerprint density at radius 2 is 2.05 bits per heavy atom. The molecule has 1 heterocycles. The quantitative estimate of drug-likeness (QED) is 0.904. The number of rotatable bonds is 3. The lowest BCUT2D eigenvalue weighted by Crippen LogP contribution is -2.30. The topological polar surface area (TPSA) is 49.6 Å². The van der Waals surface area contributed by atoms with Gasteiger partial charge in [-0.25, -0.2) is 0 Å². The van der Waals surface area contributed by atoms with Crippen LogP contribution in [0.15, 0.2) is 18.2 Å². The zero-order valence-electron chi connectivity index (χ0n) is 12.0. The molecule has 4 heteroatoms. The molecule has 19 heavy (non-hydrogen) atoms. The Hall–Kier alpha value is -1.55. The maximum absolute atomic E-state index is 12.0. The third kappa shape index (κ3) is 2.73. The van der Waals surface area contributed by atoms with E-state index in [1.54, 1.807) is 4.90 Å². The molecular formula is C15H23N3O. The van der Waals surface area contributed by atoms with Crippen LogP contribution in [-0.4, -0.2) is 32.6 Å². The normalized spacial score (nSPS) is 15.7. The first-order chi connectivity index (χ1) is 9.04. The Bertz CT molecular complexity index is 470. The van der Waals surface area contributed by atoms with Crippen LogP contribution in [0.1, 0.15) is 31.7 Å². The van der Waals surface area contributed by atoms with Gasteiger partial charge in [0.2, 0.25) is 5.91 Å². The van der Waals surface area contributed by atoms with Crippen LogP contribution in [-0.2, 0) is 4.79 Å². The summed E-state index contributed by atoms with van der Waals surface area (Å²) in [4.78, 5) is 16.0. The Kier molecular flexibility index (Phi) is 4.10. The molecule has 0 saturated heterocycles. The molecule has 1 aliphatic rings. The van der Waals surface area contributed by atoms with Gasteiger partial charge in [0.25, 0.3) is 0 Å². The molecular weight excluding hydrogens is 238 g/mol. The maximum atomic E-state index is 12.0. The van der Waals surface area contributed by atoms with Crippen molar-refractivity contribution >= 4 is 17.3 Å².